The van der Waals surface area contributed by atoms with Gasteiger partial charge in [-0.2, -0.15) is 0 Å². The molecule has 1 saturated heterocycles. The van der Waals surface area contributed by atoms with Crippen molar-refractivity contribution in [3.05, 3.63) is 23.8 Å². The van der Waals surface area contributed by atoms with E-state index < -0.39 is 0 Å². The molecule has 1 aliphatic carbocycles. The Kier molecular flexibility index (Phi) is 3.47. The van der Waals surface area contributed by atoms with Crippen LogP contribution >= 0.6 is 0 Å². The summed E-state index contributed by atoms with van der Waals surface area (Å²) in [5, 5.41) is 3.22. The Hall–Kier alpha value is -1.71. The zero-order chi connectivity index (χ0) is 15.1. The SMILES string of the molecule is COc1ccc2c(c1)N1CCCCC1C(C(=O)NC1CC1)C2. The van der Waals surface area contributed by atoms with E-state index in [2.05, 4.69) is 22.3 Å². The second-order valence-electron chi connectivity index (χ2n) is 6.84. The number of nitrogens with one attached hydrogen (secondary N) is 1. The van der Waals surface area contributed by atoms with Crippen LogP contribution in [0.1, 0.15) is 37.7 Å². The molecule has 2 unspecified atom stereocenters. The first kappa shape index (κ1) is 13.9. The number of nitrogens with zero attached hydrogens (tertiary/aromatic N) is 1. The number of anilines is 1. The third-order valence-corrected chi connectivity index (χ3v) is 5.32. The number of methoxy groups -OCH3 is 1. The van der Waals surface area contributed by atoms with Crippen LogP contribution in [-0.4, -0.2) is 31.6 Å². The highest BCUT2D eigenvalue weighted by Gasteiger charge is 2.40. The Bertz CT molecular complexity index is 582. The van der Waals surface area contributed by atoms with Gasteiger partial charge in [0, 0.05) is 30.4 Å². The number of carbonyl (C=O) groups is 1. The summed E-state index contributed by atoms with van der Waals surface area (Å²) in [6.45, 7) is 1.05. The molecule has 0 aromatic heterocycles. The van der Waals surface area contributed by atoms with E-state index in [4.69, 9.17) is 4.74 Å². The molecule has 118 valence electrons. The smallest absolute Gasteiger partial charge is 0.225 e. The summed E-state index contributed by atoms with van der Waals surface area (Å²) >= 11 is 0. The minimum absolute atomic E-state index is 0.0989. The van der Waals surface area contributed by atoms with Crippen LogP contribution < -0.4 is 15.0 Å². The normalized spacial score (nSPS) is 26.9. The standard InChI is InChI=1S/C18H24N2O2/c1-22-14-8-5-12-10-15(18(21)19-13-6-7-13)16-4-2-3-9-20(16)17(12)11-14/h5,8,11,13,15-16H,2-4,6-7,9-10H2,1H3,(H,19,21). The molecule has 1 aromatic carbocycles. The molecular weight excluding hydrogens is 276 g/mol. The molecule has 1 saturated carbocycles. The summed E-state index contributed by atoms with van der Waals surface area (Å²) < 4.78 is 5.39. The molecule has 1 aromatic rings. The second kappa shape index (κ2) is 5.49. The van der Waals surface area contributed by atoms with Crippen LogP contribution in [-0.2, 0) is 11.2 Å². The van der Waals surface area contributed by atoms with Gasteiger partial charge in [-0.25, -0.2) is 0 Å². The van der Waals surface area contributed by atoms with E-state index in [0.717, 1.165) is 38.0 Å². The highest BCUT2D eigenvalue weighted by atomic mass is 16.5. The summed E-state index contributed by atoms with van der Waals surface area (Å²) in [7, 11) is 1.71. The molecule has 4 rings (SSSR count). The van der Waals surface area contributed by atoms with Crippen molar-refractivity contribution in [2.75, 3.05) is 18.6 Å². The van der Waals surface area contributed by atoms with Crippen molar-refractivity contribution in [1.29, 1.82) is 0 Å². The Morgan fingerprint density at radius 1 is 1.27 bits per heavy atom. The fourth-order valence-electron chi connectivity index (χ4n) is 3.96. The fourth-order valence-corrected chi connectivity index (χ4v) is 3.96. The van der Waals surface area contributed by atoms with E-state index in [-0.39, 0.29) is 11.8 Å². The zero-order valence-electron chi connectivity index (χ0n) is 13.2. The minimum Gasteiger partial charge on any atom is -0.497 e. The number of ether oxygens (including phenoxy) is 1. The number of benzene rings is 1. The molecule has 22 heavy (non-hydrogen) atoms. The first-order chi connectivity index (χ1) is 10.8. The van der Waals surface area contributed by atoms with Crippen LogP contribution in [0.5, 0.6) is 5.75 Å². The number of amides is 1. The van der Waals surface area contributed by atoms with Gasteiger partial charge in [0.1, 0.15) is 5.75 Å². The van der Waals surface area contributed by atoms with Crippen molar-refractivity contribution < 1.29 is 9.53 Å². The van der Waals surface area contributed by atoms with Gasteiger partial charge in [0.25, 0.3) is 0 Å². The third-order valence-electron chi connectivity index (χ3n) is 5.32. The molecule has 2 fully saturated rings. The van der Waals surface area contributed by atoms with Crippen LogP contribution in [0.3, 0.4) is 0 Å². The predicted octanol–water partition coefficient (Wildman–Crippen LogP) is 2.51. The topological polar surface area (TPSA) is 41.6 Å². The lowest BCUT2D eigenvalue weighted by atomic mass is 9.80. The lowest BCUT2D eigenvalue weighted by molar-refractivity contribution is -0.126. The van der Waals surface area contributed by atoms with Crippen molar-refractivity contribution in [3.8, 4) is 5.75 Å². The molecule has 2 aliphatic heterocycles. The summed E-state index contributed by atoms with van der Waals surface area (Å²) in [5.41, 5.74) is 2.56. The molecule has 2 atom stereocenters. The van der Waals surface area contributed by atoms with E-state index in [1.54, 1.807) is 7.11 Å². The molecule has 0 bridgehead atoms. The Morgan fingerprint density at radius 2 is 2.14 bits per heavy atom. The van der Waals surface area contributed by atoms with Crippen molar-refractivity contribution >= 4 is 11.6 Å². The summed E-state index contributed by atoms with van der Waals surface area (Å²) in [4.78, 5) is 15.1. The molecule has 3 aliphatic rings. The predicted molar refractivity (Wildman–Crippen MR) is 86.3 cm³/mol. The second-order valence-corrected chi connectivity index (χ2v) is 6.84. The van der Waals surface area contributed by atoms with Gasteiger partial charge in [0.2, 0.25) is 5.91 Å². The van der Waals surface area contributed by atoms with E-state index in [1.165, 1.54) is 24.1 Å². The summed E-state index contributed by atoms with van der Waals surface area (Å²) in [6.07, 6.45) is 6.73. The van der Waals surface area contributed by atoms with Gasteiger partial charge < -0.3 is 15.0 Å². The number of rotatable bonds is 3. The fraction of sp³-hybridized carbons (Fsp3) is 0.611. The Morgan fingerprint density at radius 3 is 2.91 bits per heavy atom. The average Bonchev–Trinajstić information content (AvgIpc) is 3.37. The van der Waals surface area contributed by atoms with Crippen molar-refractivity contribution in [3.63, 3.8) is 0 Å². The molecular formula is C18H24N2O2. The largest absolute Gasteiger partial charge is 0.497 e. The van der Waals surface area contributed by atoms with Crippen molar-refractivity contribution in [2.24, 2.45) is 5.92 Å². The zero-order valence-corrected chi connectivity index (χ0v) is 13.2. The highest BCUT2D eigenvalue weighted by Crippen LogP contribution is 2.40. The minimum atomic E-state index is 0.0989. The first-order valence-electron chi connectivity index (χ1n) is 8.50. The molecule has 1 amide bonds. The van der Waals surface area contributed by atoms with Crippen LogP contribution in [0.4, 0.5) is 5.69 Å². The lowest BCUT2D eigenvalue weighted by Gasteiger charge is -2.46. The van der Waals surface area contributed by atoms with Crippen LogP contribution in [0.15, 0.2) is 18.2 Å². The van der Waals surface area contributed by atoms with Gasteiger partial charge in [-0.1, -0.05) is 6.07 Å². The van der Waals surface area contributed by atoms with Gasteiger partial charge >= 0.3 is 0 Å². The number of hydrogen-bond acceptors (Lipinski definition) is 3. The number of fused-ring (bicyclic) bond motifs is 3. The summed E-state index contributed by atoms with van der Waals surface area (Å²) in [6, 6.07) is 7.09. The van der Waals surface area contributed by atoms with Gasteiger partial charge in [-0.3, -0.25) is 4.79 Å². The van der Waals surface area contributed by atoms with E-state index in [9.17, 15) is 4.79 Å². The molecule has 0 spiro atoms. The molecule has 4 nitrogen and oxygen atoms in total. The average molecular weight is 300 g/mol. The maximum absolute atomic E-state index is 12.7. The van der Waals surface area contributed by atoms with E-state index >= 15 is 0 Å². The van der Waals surface area contributed by atoms with Gasteiger partial charge in [0.15, 0.2) is 0 Å². The van der Waals surface area contributed by atoms with Crippen molar-refractivity contribution in [1.82, 2.24) is 5.32 Å². The maximum atomic E-state index is 12.7. The van der Waals surface area contributed by atoms with Crippen LogP contribution in [0.2, 0.25) is 0 Å². The third kappa shape index (κ3) is 2.44. The summed E-state index contributed by atoms with van der Waals surface area (Å²) in [5.74, 6) is 1.27. The van der Waals surface area contributed by atoms with Crippen LogP contribution in [0.25, 0.3) is 0 Å². The number of hydrogen-bond donors (Lipinski definition) is 1. The lowest BCUT2D eigenvalue weighted by Crippen LogP contribution is -2.53. The highest BCUT2D eigenvalue weighted by molar-refractivity contribution is 5.82. The van der Waals surface area contributed by atoms with E-state index in [1.807, 2.05) is 6.07 Å². The monoisotopic (exact) mass is 300 g/mol. The van der Waals surface area contributed by atoms with E-state index in [0.29, 0.717) is 12.1 Å². The Labute approximate surface area is 131 Å². The molecule has 4 heteroatoms. The number of carbonyl (C=O) groups excluding carboxylic acids is 1. The van der Waals surface area contributed by atoms with Gasteiger partial charge in [0.05, 0.1) is 13.0 Å². The quantitative estimate of drug-likeness (QED) is 0.932. The molecule has 2 heterocycles. The number of piperidine rings is 1. The molecule has 1 N–H and O–H groups in total. The van der Waals surface area contributed by atoms with Gasteiger partial charge in [-0.15, -0.1) is 0 Å². The van der Waals surface area contributed by atoms with Crippen LogP contribution in [0, 0.1) is 5.92 Å². The molecule has 0 radical (unpaired) electrons. The Balaban J connectivity index is 1.65. The first-order valence-corrected chi connectivity index (χ1v) is 8.50. The van der Waals surface area contributed by atoms with Crippen molar-refractivity contribution in [2.45, 2.75) is 50.6 Å². The maximum Gasteiger partial charge on any atom is 0.225 e. The van der Waals surface area contributed by atoms with Gasteiger partial charge in [-0.05, 0) is 50.2 Å².